The van der Waals surface area contributed by atoms with Crippen molar-refractivity contribution in [2.24, 2.45) is 11.3 Å². The van der Waals surface area contributed by atoms with Crippen LogP contribution in [0, 0.1) is 11.3 Å². The number of hydrogen-bond donors (Lipinski definition) is 0. The summed E-state index contributed by atoms with van der Waals surface area (Å²) >= 11 is 0. The van der Waals surface area contributed by atoms with E-state index in [9.17, 15) is 4.79 Å². The van der Waals surface area contributed by atoms with Crippen LogP contribution in [0.15, 0.2) is 0 Å². The fourth-order valence-electron chi connectivity index (χ4n) is 3.37. The first kappa shape index (κ1) is 11.1. The van der Waals surface area contributed by atoms with Gasteiger partial charge >= 0.3 is 0 Å². The predicted octanol–water partition coefficient (Wildman–Crippen LogP) is 2.48. The van der Waals surface area contributed by atoms with Gasteiger partial charge in [-0.05, 0) is 44.7 Å². The molecule has 86 valence electrons. The minimum Gasteiger partial charge on any atom is -0.303 e. The van der Waals surface area contributed by atoms with Gasteiger partial charge in [-0.3, -0.25) is 0 Å². The molecule has 1 saturated carbocycles. The van der Waals surface area contributed by atoms with E-state index in [0.717, 1.165) is 25.3 Å². The SMILES string of the molecule is CC1CCCC(C=O)(CN2CCCC2)C1. The molecule has 0 bridgehead atoms. The van der Waals surface area contributed by atoms with Crippen LogP contribution in [0.2, 0.25) is 0 Å². The van der Waals surface area contributed by atoms with Crippen LogP contribution in [0.1, 0.15) is 45.4 Å². The van der Waals surface area contributed by atoms with Gasteiger partial charge in [-0.1, -0.05) is 19.8 Å². The van der Waals surface area contributed by atoms with Gasteiger partial charge in [-0.2, -0.15) is 0 Å². The standard InChI is InChI=1S/C13H23NO/c1-12-5-4-6-13(9-12,11-15)10-14-7-2-3-8-14/h11-12H,2-10H2,1H3. The molecule has 2 rings (SSSR count). The van der Waals surface area contributed by atoms with Crippen LogP contribution in [0.25, 0.3) is 0 Å². The third-order valence-electron chi connectivity index (χ3n) is 4.11. The Morgan fingerprint density at radius 2 is 2.07 bits per heavy atom. The van der Waals surface area contributed by atoms with Crippen molar-refractivity contribution in [2.45, 2.75) is 45.4 Å². The number of aldehydes is 1. The summed E-state index contributed by atoms with van der Waals surface area (Å²) in [6.45, 7) is 5.75. The molecule has 1 heterocycles. The van der Waals surface area contributed by atoms with Crippen LogP contribution in [-0.4, -0.2) is 30.8 Å². The topological polar surface area (TPSA) is 20.3 Å². The molecule has 0 spiro atoms. The van der Waals surface area contributed by atoms with E-state index in [4.69, 9.17) is 0 Å². The van der Waals surface area contributed by atoms with Crippen LogP contribution in [0.3, 0.4) is 0 Å². The summed E-state index contributed by atoms with van der Waals surface area (Å²) in [7, 11) is 0. The van der Waals surface area contributed by atoms with Gasteiger partial charge in [0.05, 0.1) is 0 Å². The number of carbonyl (C=O) groups excluding carboxylic acids is 1. The molecule has 0 radical (unpaired) electrons. The second-order valence-electron chi connectivity index (χ2n) is 5.67. The summed E-state index contributed by atoms with van der Waals surface area (Å²) in [5, 5.41) is 0. The molecule has 2 fully saturated rings. The molecule has 2 unspecified atom stereocenters. The Morgan fingerprint density at radius 3 is 2.67 bits per heavy atom. The summed E-state index contributed by atoms with van der Waals surface area (Å²) in [6.07, 6.45) is 8.71. The zero-order valence-electron chi connectivity index (χ0n) is 9.87. The highest BCUT2D eigenvalue weighted by molar-refractivity contribution is 5.60. The zero-order chi connectivity index (χ0) is 10.7. The lowest BCUT2D eigenvalue weighted by molar-refractivity contribution is -0.119. The number of carbonyl (C=O) groups is 1. The second kappa shape index (κ2) is 4.65. The van der Waals surface area contributed by atoms with Gasteiger partial charge in [0, 0.05) is 12.0 Å². The lowest BCUT2D eigenvalue weighted by atomic mass is 9.71. The van der Waals surface area contributed by atoms with E-state index < -0.39 is 0 Å². The molecule has 1 aliphatic heterocycles. The average molecular weight is 209 g/mol. The van der Waals surface area contributed by atoms with Gasteiger partial charge in [-0.15, -0.1) is 0 Å². The molecule has 1 saturated heterocycles. The van der Waals surface area contributed by atoms with Crippen molar-refractivity contribution in [3.8, 4) is 0 Å². The smallest absolute Gasteiger partial charge is 0.127 e. The maximum atomic E-state index is 11.4. The monoisotopic (exact) mass is 209 g/mol. The van der Waals surface area contributed by atoms with Crippen molar-refractivity contribution in [3.63, 3.8) is 0 Å². The van der Waals surface area contributed by atoms with E-state index in [1.807, 2.05) is 0 Å². The molecule has 2 nitrogen and oxygen atoms in total. The first-order chi connectivity index (χ1) is 7.24. The number of rotatable bonds is 3. The highest BCUT2D eigenvalue weighted by atomic mass is 16.1. The van der Waals surface area contributed by atoms with Crippen molar-refractivity contribution >= 4 is 6.29 Å². The molecule has 0 aromatic rings. The van der Waals surface area contributed by atoms with Crippen molar-refractivity contribution in [2.75, 3.05) is 19.6 Å². The van der Waals surface area contributed by atoms with Gasteiger partial charge < -0.3 is 9.69 Å². The number of nitrogens with zero attached hydrogens (tertiary/aromatic N) is 1. The lowest BCUT2D eigenvalue weighted by Gasteiger charge is -2.38. The molecule has 2 atom stereocenters. The van der Waals surface area contributed by atoms with Gasteiger partial charge in [0.25, 0.3) is 0 Å². The summed E-state index contributed by atoms with van der Waals surface area (Å²) in [4.78, 5) is 13.9. The van der Waals surface area contributed by atoms with Crippen LogP contribution in [0.5, 0.6) is 0 Å². The van der Waals surface area contributed by atoms with Gasteiger partial charge in [-0.25, -0.2) is 0 Å². The molecular formula is C13H23NO. The van der Waals surface area contributed by atoms with E-state index in [1.54, 1.807) is 0 Å². The Balaban J connectivity index is 1.96. The van der Waals surface area contributed by atoms with Crippen molar-refractivity contribution in [3.05, 3.63) is 0 Å². The van der Waals surface area contributed by atoms with Gasteiger partial charge in [0.1, 0.15) is 6.29 Å². The Kier molecular flexibility index (Phi) is 3.45. The molecule has 0 N–H and O–H groups in total. The van der Waals surface area contributed by atoms with Crippen molar-refractivity contribution < 1.29 is 4.79 Å². The summed E-state index contributed by atoms with van der Waals surface area (Å²) < 4.78 is 0. The largest absolute Gasteiger partial charge is 0.303 e. The molecule has 0 aromatic heterocycles. The first-order valence-electron chi connectivity index (χ1n) is 6.43. The molecule has 15 heavy (non-hydrogen) atoms. The highest BCUT2D eigenvalue weighted by Gasteiger charge is 2.36. The fourth-order valence-corrected chi connectivity index (χ4v) is 3.37. The highest BCUT2D eigenvalue weighted by Crippen LogP contribution is 2.38. The van der Waals surface area contributed by atoms with Crippen LogP contribution in [-0.2, 0) is 4.79 Å². The Morgan fingerprint density at radius 1 is 1.33 bits per heavy atom. The summed E-state index contributed by atoms with van der Waals surface area (Å²) in [6, 6.07) is 0. The predicted molar refractivity (Wildman–Crippen MR) is 61.8 cm³/mol. The maximum Gasteiger partial charge on any atom is 0.127 e. The van der Waals surface area contributed by atoms with E-state index in [2.05, 4.69) is 11.8 Å². The Labute approximate surface area is 93.0 Å². The minimum absolute atomic E-state index is 0.00199. The minimum atomic E-state index is 0.00199. The quantitative estimate of drug-likeness (QED) is 0.666. The molecule has 1 aliphatic carbocycles. The Hall–Kier alpha value is -0.370. The Bertz CT molecular complexity index is 223. The normalized spacial score (nSPS) is 38.1. The van der Waals surface area contributed by atoms with Gasteiger partial charge in [0.2, 0.25) is 0 Å². The molecule has 2 aliphatic rings. The number of hydrogen-bond acceptors (Lipinski definition) is 2. The second-order valence-corrected chi connectivity index (χ2v) is 5.67. The van der Waals surface area contributed by atoms with Gasteiger partial charge in [0.15, 0.2) is 0 Å². The van der Waals surface area contributed by atoms with E-state index >= 15 is 0 Å². The fraction of sp³-hybridized carbons (Fsp3) is 0.923. The average Bonchev–Trinajstić information content (AvgIpc) is 2.70. The summed E-state index contributed by atoms with van der Waals surface area (Å²) in [5.74, 6) is 0.742. The summed E-state index contributed by atoms with van der Waals surface area (Å²) in [5.41, 5.74) is 0.00199. The van der Waals surface area contributed by atoms with Crippen LogP contribution in [0.4, 0.5) is 0 Å². The van der Waals surface area contributed by atoms with Crippen LogP contribution < -0.4 is 0 Å². The molecule has 0 aromatic carbocycles. The maximum absolute atomic E-state index is 11.4. The van der Waals surface area contributed by atoms with E-state index in [1.165, 1.54) is 45.1 Å². The van der Waals surface area contributed by atoms with Crippen LogP contribution >= 0.6 is 0 Å². The molecule has 0 amide bonds. The third-order valence-corrected chi connectivity index (χ3v) is 4.11. The molecule has 2 heteroatoms. The van der Waals surface area contributed by atoms with Crippen molar-refractivity contribution in [1.82, 2.24) is 4.90 Å². The zero-order valence-corrected chi connectivity index (χ0v) is 9.87. The van der Waals surface area contributed by atoms with E-state index in [-0.39, 0.29) is 5.41 Å². The van der Waals surface area contributed by atoms with Crippen molar-refractivity contribution in [1.29, 1.82) is 0 Å². The van der Waals surface area contributed by atoms with E-state index in [0.29, 0.717) is 0 Å². The first-order valence-corrected chi connectivity index (χ1v) is 6.43. The third kappa shape index (κ3) is 2.60. The molecular weight excluding hydrogens is 186 g/mol. The lowest BCUT2D eigenvalue weighted by Crippen LogP contribution is -2.40. The number of likely N-dealkylation sites (tertiary alicyclic amines) is 1.